The second kappa shape index (κ2) is 7.97. The lowest BCUT2D eigenvalue weighted by Crippen LogP contribution is -2.08. The molecule has 0 amide bonds. The molecule has 21 heavy (non-hydrogen) atoms. The summed E-state index contributed by atoms with van der Waals surface area (Å²) in [6.07, 6.45) is -2.33. The van der Waals surface area contributed by atoms with Crippen LogP contribution in [0, 0.1) is 17.8 Å². The molecule has 0 fully saturated rings. The predicted octanol–water partition coefficient (Wildman–Crippen LogP) is 5.09. The van der Waals surface area contributed by atoms with Crippen molar-refractivity contribution in [3.63, 3.8) is 0 Å². The standard InChI is InChI=1S/C17H21F3O/c1-4-6-7-13(3)11-14-12-15(17(18,19)20)8-9-16(14)21-10-5-2/h8-9,12-13H,4-5,10-11H2,1-3H3. The summed E-state index contributed by atoms with van der Waals surface area (Å²) in [5, 5.41) is 0. The van der Waals surface area contributed by atoms with Crippen molar-refractivity contribution in [1.29, 1.82) is 0 Å². The molecule has 1 nitrogen and oxygen atoms in total. The molecule has 0 N–H and O–H groups in total. The molecule has 0 radical (unpaired) electrons. The molecule has 116 valence electrons. The van der Waals surface area contributed by atoms with Gasteiger partial charge in [0.2, 0.25) is 0 Å². The Balaban J connectivity index is 3.04. The first-order chi connectivity index (χ1) is 9.88. The number of rotatable bonds is 5. The normalized spacial score (nSPS) is 12.5. The summed E-state index contributed by atoms with van der Waals surface area (Å²) < 4.78 is 44.0. The Kier molecular flexibility index (Phi) is 6.61. The highest BCUT2D eigenvalue weighted by Gasteiger charge is 2.31. The van der Waals surface area contributed by atoms with Gasteiger partial charge in [0.1, 0.15) is 5.75 Å². The molecule has 0 aliphatic heterocycles. The van der Waals surface area contributed by atoms with Crippen molar-refractivity contribution in [2.24, 2.45) is 5.92 Å². The highest BCUT2D eigenvalue weighted by Crippen LogP contribution is 2.33. The maximum Gasteiger partial charge on any atom is 0.416 e. The Hall–Kier alpha value is -1.63. The zero-order chi connectivity index (χ0) is 15.9. The van der Waals surface area contributed by atoms with Gasteiger partial charge in [-0.25, -0.2) is 0 Å². The van der Waals surface area contributed by atoms with Crippen LogP contribution < -0.4 is 4.74 Å². The van der Waals surface area contributed by atoms with Crippen LogP contribution in [-0.4, -0.2) is 6.61 Å². The summed E-state index contributed by atoms with van der Waals surface area (Å²) >= 11 is 0. The zero-order valence-electron chi connectivity index (χ0n) is 12.7. The van der Waals surface area contributed by atoms with E-state index in [1.807, 2.05) is 20.8 Å². The maximum atomic E-state index is 12.8. The van der Waals surface area contributed by atoms with Gasteiger partial charge < -0.3 is 4.74 Å². The van der Waals surface area contributed by atoms with Gasteiger partial charge in [-0.3, -0.25) is 0 Å². The number of halogens is 3. The Morgan fingerprint density at radius 3 is 2.52 bits per heavy atom. The summed E-state index contributed by atoms with van der Waals surface area (Å²) in [7, 11) is 0. The molecular formula is C17H21F3O. The first-order valence-corrected chi connectivity index (χ1v) is 7.19. The van der Waals surface area contributed by atoms with Crippen LogP contribution >= 0.6 is 0 Å². The number of hydrogen-bond donors (Lipinski definition) is 0. The van der Waals surface area contributed by atoms with Gasteiger partial charge in [-0.15, -0.1) is 5.92 Å². The van der Waals surface area contributed by atoms with Gasteiger partial charge in [-0.2, -0.15) is 13.2 Å². The molecule has 0 aromatic heterocycles. The number of ether oxygens (including phenoxy) is 1. The van der Waals surface area contributed by atoms with E-state index < -0.39 is 11.7 Å². The molecule has 1 rings (SSSR count). The van der Waals surface area contributed by atoms with Gasteiger partial charge in [-0.05, 0) is 36.6 Å². The lowest BCUT2D eigenvalue weighted by molar-refractivity contribution is -0.137. The van der Waals surface area contributed by atoms with Crippen molar-refractivity contribution in [2.75, 3.05) is 6.61 Å². The minimum absolute atomic E-state index is 0.00240. The predicted molar refractivity (Wildman–Crippen MR) is 78.2 cm³/mol. The molecule has 1 unspecified atom stereocenters. The minimum Gasteiger partial charge on any atom is -0.493 e. The Morgan fingerprint density at radius 2 is 1.95 bits per heavy atom. The largest absolute Gasteiger partial charge is 0.493 e. The van der Waals surface area contributed by atoms with Gasteiger partial charge in [0.25, 0.3) is 0 Å². The SMILES string of the molecule is CCC#CC(C)Cc1cc(C(F)(F)F)ccc1OCCC. The average molecular weight is 298 g/mol. The molecule has 1 atom stereocenters. The topological polar surface area (TPSA) is 9.23 Å². The van der Waals surface area contributed by atoms with Gasteiger partial charge >= 0.3 is 6.18 Å². The Morgan fingerprint density at radius 1 is 1.24 bits per heavy atom. The molecule has 0 saturated heterocycles. The fourth-order valence-corrected chi connectivity index (χ4v) is 1.93. The second-order valence-corrected chi connectivity index (χ2v) is 4.95. The van der Waals surface area contributed by atoms with Crippen LogP contribution in [0.3, 0.4) is 0 Å². The van der Waals surface area contributed by atoms with E-state index in [4.69, 9.17) is 4.74 Å². The summed E-state index contributed by atoms with van der Waals surface area (Å²) in [5.74, 6) is 6.52. The molecule has 4 heteroatoms. The molecule has 0 aliphatic rings. The highest BCUT2D eigenvalue weighted by molar-refractivity contribution is 5.39. The second-order valence-electron chi connectivity index (χ2n) is 4.95. The monoisotopic (exact) mass is 298 g/mol. The number of hydrogen-bond acceptors (Lipinski definition) is 1. The van der Waals surface area contributed by atoms with Crippen molar-refractivity contribution in [3.05, 3.63) is 29.3 Å². The molecule has 1 aromatic carbocycles. The van der Waals surface area contributed by atoms with Crippen molar-refractivity contribution >= 4 is 0 Å². The van der Waals surface area contributed by atoms with E-state index in [0.29, 0.717) is 24.3 Å². The third-order valence-electron chi connectivity index (χ3n) is 2.90. The van der Waals surface area contributed by atoms with E-state index in [-0.39, 0.29) is 5.92 Å². The molecule has 0 aliphatic carbocycles. The maximum absolute atomic E-state index is 12.8. The summed E-state index contributed by atoms with van der Waals surface area (Å²) in [6, 6.07) is 3.65. The van der Waals surface area contributed by atoms with E-state index in [1.165, 1.54) is 12.1 Å². The summed E-state index contributed by atoms with van der Waals surface area (Å²) in [5.41, 5.74) is -0.0758. The Labute approximate surface area is 124 Å². The van der Waals surface area contributed by atoms with Crippen molar-refractivity contribution in [3.8, 4) is 17.6 Å². The molecule has 0 heterocycles. The highest BCUT2D eigenvalue weighted by atomic mass is 19.4. The van der Waals surface area contributed by atoms with E-state index in [2.05, 4.69) is 11.8 Å². The van der Waals surface area contributed by atoms with Gasteiger partial charge in [0, 0.05) is 12.3 Å². The van der Waals surface area contributed by atoms with Crippen LogP contribution in [0.2, 0.25) is 0 Å². The first kappa shape index (κ1) is 17.4. The fourth-order valence-electron chi connectivity index (χ4n) is 1.93. The first-order valence-electron chi connectivity index (χ1n) is 7.19. The van der Waals surface area contributed by atoms with Crippen LogP contribution in [0.15, 0.2) is 18.2 Å². The van der Waals surface area contributed by atoms with Crippen LogP contribution in [0.1, 0.15) is 44.7 Å². The van der Waals surface area contributed by atoms with Crippen LogP contribution in [0.25, 0.3) is 0 Å². The molecule has 0 spiro atoms. The molecule has 0 bridgehead atoms. The average Bonchev–Trinajstić information content (AvgIpc) is 2.42. The fraction of sp³-hybridized carbons (Fsp3) is 0.529. The van der Waals surface area contributed by atoms with Crippen LogP contribution in [0.5, 0.6) is 5.75 Å². The smallest absolute Gasteiger partial charge is 0.416 e. The lowest BCUT2D eigenvalue weighted by Gasteiger charge is -2.15. The van der Waals surface area contributed by atoms with Crippen molar-refractivity contribution in [1.82, 2.24) is 0 Å². The summed E-state index contributed by atoms with van der Waals surface area (Å²) in [4.78, 5) is 0. The van der Waals surface area contributed by atoms with Gasteiger partial charge in [0.05, 0.1) is 12.2 Å². The van der Waals surface area contributed by atoms with E-state index >= 15 is 0 Å². The van der Waals surface area contributed by atoms with Crippen molar-refractivity contribution < 1.29 is 17.9 Å². The van der Waals surface area contributed by atoms with Gasteiger partial charge in [-0.1, -0.05) is 26.7 Å². The van der Waals surface area contributed by atoms with Crippen LogP contribution in [0.4, 0.5) is 13.2 Å². The van der Waals surface area contributed by atoms with E-state index in [0.717, 1.165) is 18.9 Å². The number of benzene rings is 1. The molecular weight excluding hydrogens is 277 g/mol. The third kappa shape index (κ3) is 5.71. The third-order valence-corrected chi connectivity index (χ3v) is 2.90. The van der Waals surface area contributed by atoms with Crippen LogP contribution in [-0.2, 0) is 12.6 Å². The minimum atomic E-state index is -4.34. The van der Waals surface area contributed by atoms with Gasteiger partial charge in [0.15, 0.2) is 0 Å². The summed E-state index contributed by atoms with van der Waals surface area (Å²) in [6.45, 7) is 6.30. The zero-order valence-corrected chi connectivity index (χ0v) is 12.7. The molecule has 1 aromatic rings. The van der Waals surface area contributed by atoms with E-state index in [1.54, 1.807) is 0 Å². The van der Waals surface area contributed by atoms with Crippen molar-refractivity contribution in [2.45, 2.75) is 46.2 Å². The molecule has 0 saturated carbocycles. The quantitative estimate of drug-likeness (QED) is 0.688. The lowest BCUT2D eigenvalue weighted by atomic mass is 9.98. The van der Waals surface area contributed by atoms with E-state index in [9.17, 15) is 13.2 Å². The number of alkyl halides is 3. The Bertz CT molecular complexity index is 509.